The number of carboxylic acids is 1. The summed E-state index contributed by atoms with van der Waals surface area (Å²) in [4.78, 5) is 11.5. The normalized spacial score (nSPS) is 11.1. The number of ether oxygens (including phenoxy) is 2. The predicted octanol–water partition coefficient (Wildman–Crippen LogP) is 3.47. The van der Waals surface area contributed by atoms with Crippen LogP contribution < -0.4 is 9.47 Å². The number of carbonyl (C=O) groups is 1. The molecule has 0 fully saturated rings. The van der Waals surface area contributed by atoms with Gasteiger partial charge in [-0.25, -0.2) is 9.18 Å². The van der Waals surface area contributed by atoms with Gasteiger partial charge in [-0.15, -0.1) is 0 Å². The molecule has 0 aliphatic rings. The highest BCUT2D eigenvalue weighted by Crippen LogP contribution is 2.28. The summed E-state index contributed by atoms with van der Waals surface area (Å²) in [6.07, 6.45) is 1.48. The molecular weight excluding hydrogens is 287 g/mol. The van der Waals surface area contributed by atoms with Gasteiger partial charge in [0.2, 0.25) is 0 Å². The van der Waals surface area contributed by atoms with E-state index >= 15 is 0 Å². The largest absolute Gasteiger partial charge is 0.497 e. The van der Waals surface area contributed by atoms with Crippen molar-refractivity contribution in [1.82, 2.24) is 0 Å². The second-order valence-corrected chi connectivity index (χ2v) is 4.48. The molecule has 0 saturated carbocycles. The first-order valence-corrected chi connectivity index (χ1v) is 6.48. The van der Waals surface area contributed by atoms with Crippen molar-refractivity contribution in [3.63, 3.8) is 0 Å². The molecule has 0 unspecified atom stereocenters. The molecule has 5 heteroatoms. The van der Waals surface area contributed by atoms with Crippen molar-refractivity contribution in [3.8, 4) is 11.5 Å². The van der Waals surface area contributed by atoms with Gasteiger partial charge in [0.15, 0.2) is 0 Å². The van der Waals surface area contributed by atoms with E-state index in [4.69, 9.17) is 9.47 Å². The van der Waals surface area contributed by atoms with Gasteiger partial charge in [0, 0.05) is 11.6 Å². The third-order valence-electron chi connectivity index (χ3n) is 3.13. The SMILES string of the molecule is COc1ccc(/C=C(\C(=O)O)c2ccc(F)cc2)c(OC)c1. The van der Waals surface area contributed by atoms with Crippen LogP contribution in [0.5, 0.6) is 11.5 Å². The van der Waals surface area contributed by atoms with Gasteiger partial charge in [-0.3, -0.25) is 0 Å². The summed E-state index contributed by atoms with van der Waals surface area (Å²) in [5.41, 5.74) is 1.04. The number of halogens is 1. The van der Waals surface area contributed by atoms with E-state index in [0.29, 0.717) is 22.6 Å². The van der Waals surface area contributed by atoms with Crippen LogP contribution in [0, 0.1) is 5.82 Å². The van der Waals surface area contributed by atoms with Crippen LogP contribution in [0.2, 0.25) is 0 Å². The highest BCUT2D eigenvalue weighted by molar-refractivity contribution is 6.20. The van der Waals surface area contributed by atoms with Gasteiger partial charge in [-0.05, 0) is 35.9 Å². The Labute approximate surface area is 127 Å². The smallest absolute Gasteiger partial charge is 0.336 e. The van der Waals surface area contributed by atoms with Crippen molar-refractivity contribution in [3.05, 3.63) is 59.4 Å². The molecule has 0 aliphatic carbocycles. The Kier molecular flexibility index (Phi) is 4.78. The average molecular weight is 302 g/mol. The molecule has 2 aromatic carbocycles. The van der Waals surface area contributed by atoms with E-state index in [1.807, 2.05) is 0 Å². The Bertz CT molecular complexity index is 705. The summed E-state index contributed by atoms with van der Waals surface area (Å²) >= 11 is 0. The standard InChI is InChI=1S/C17H15FO4/c1-21-14-8-5-12(16(10-14)22-2)9-15(17(19)20)11-3-6-13(18)7-4-11/h3-10H,1-2H3,(H,19,20)/b15-9-. The molecular formula is C17H15FO4. The summed E-state index contributed by atoms with van der Waals surface area (Å²) in [7, 11) is 3.02. The van der Waals surface area contributed by atoms with Crippen LogP contribution in [-0.2, 0) is 4.79 Å². The first-order valence-electron chi connectivity index (χ1n) is 6.48. The Balaban J connectivity index is 2.51. The lowest BCUT2D eigenvalue weighted by atomic mass is 10.0. The van der Waals surface area contributed by atoms with Gasteiger partial charge >= 0.3 is 5.97 Å². The molecule has 0 aromatic heterocycles. The van der Waals surface area contributed by atoms with Gasteiger partial charge in [0.25, 0.3) is 0 Å². The molecule has 0 atom stereocenters. The van der Waals surface area contributed by atoms with Gasteiger partial charge in [0.05, 0.1) is 19.8 Å². The molecule has 114 valence electrons. The van der Waals surface area contributed by atoms with Crippen LogP contribution in [0.1, 0.15) is 11.1 Å². The predicted molar refractivity (Wildman–Crippen MR) is 81.5 cm³/mol. The van der Waals surface area contributed by atoms with E-state index < -0.39 is 11.8 Å². The Morgan fingerprint density at radius 3 is 2.32 bits per heavy atom. The summed E-state index contributed by atoms with van der Waals surface area (Å²) in [5.74, 6) is -0.437. The van der Waals surface area contributed by atoms with Crippen molar-refractivity contribution in [2.75, 3.05) is 14.2 Å². The molecule has 0 bridgehead atoms. The van der Waals surface area contributed by atoms with Crippen molar-refractivity contribution >= 4 is 17.6 Å². The van der Waals surface area contributed by atoms with E-state index in [0.717, 1.165) is 0 Å². The number of carboxylic acid groups (broad SMARTS) is 1. The lowest BCUT2D eigenvalue weighted by Gasteiger charge is -2.09. The molecule has 0 saturated heterocycles. The maximum atomic E-state index is 13.0. The minimum Gasteiger partial charge on any atom is -0.497 e. The van der Waals surface area contributed by atoms with Crippen LogP contribution in [-0.4, -0.2) is 25.3 Å². The summed E-state index contributed by atoms with van der Waals surface area (Å²) in [5, 5.41) is 9.39. The third-order valence-corrected chi connectivity index (χ3v) is 3.13. The lowest BCUT2D eigenvalue weighted by Crippen LogP contribution is -2.00. The Morgan fingerprint density at radius 2 is 1.77 bits per heavy atom. The fraction of sp³-hybridized carbons (Fsp3) is 0.118. The molecule has 4 nitrogen and oxygen atoms in total. The molecule has 22 heavy (non-hydrogen) atoms. The fourth-order valence-electron chi connectivity index (χ4n) is 1.99. The molecule has 0 spiro atoms. The number of rotatable bonds is 5. The van der Waals surface area contributed by atoms with E-state index in [9.17, 15) is 14.3 Å². The monoisotopic (exact) mass is 302 g/mol. The van der Waals surface area contributed by atoms with Gasteiger partial charge in [0.1, 0.15) is 17.3 Å². The molecule has 2 aromatic rings. The van der Waals surface area contributed by atoms with Crippen molar-refractivity contribution in [1.29, 1.82) is 0 Å². The first kappa shape index (κ1) is 15.6. The van der Waals surface area contributed by atoms with Crippen LogP contribution in [0.25, 0.3) is 11.6 Å². The van der Waals surface area contributed by atoms with E-state index in [1.54, 1.807) is 18.2 Å². The zero-order valence-corrected chi connectivity index (χ0v) is 12.2. The van der Waals surface area contributed by atoms with Crippen LogP contribution >= 0.6 is 0 Å². The number of aliphatic carboxylic acids is 1. The highest BCUT2D eigenvalue weighted by Gasteiger charge is 2.12. The molecule has 1 N–H and O–H groups in total. The maximum Gasteiger partial charge on any atom is 0.336 e. The van der Waals surface area contributed by atoms with E-state index in [1.165, 1.54) is 44.6 Å². The van der Waals surface area contributed by atoms with Gasteiger partial charge in [-0.2, -0.15) is 0 Å². The van der Waals surface area contributed by atoms with Gasteiger partial charge in [-0.1, -0.05) is 12.1 Å². The Hall–Kier alpha value is -2.82. The minimum atomic E-state index is -1.11. The number of benzene rings is 2. The van der Waals surface area contributed by atoms with Crippen molar-refractivity contribution in [2.24, 2.45) is 0 Å². The topological polar surface area (TPSA) is 55.8 Å². The van der Waals surface area contributed by atoms with Crippen LogP contribution in [0.15, 0.2) is 42.5 Å². The van der Waals surface area contributed by atoms with Gasteiger partial charge < -0.3 is 14.6 Å². The zero-order valence-electron chi connectivity index (χ0n) is 12.2. The molecule has 0 radical (unpaired) electrons. The third kappa shape index (κ3) is 3.44. The van der Waals surface area contributed by atoms with Crippen molar-refractivity contribution in [2.45, 2.75) is 0 Å². The second kappa shape index (κ2) is 6.76. The fourth-order valence-corrected chi connectivity index (χ4v) is 1.99. The molecule has 0 heterocycles. The first-order chi connectivity index (χ1) is 10.5. The number of methoxy groups -OCH3 is 2. The van der Waals surface area contributed by atoms with E-state index in [-0.39, 0.29) is 5.57 Å². The van der Waals surface area contributed by atoms with Crippen LogP contribution in [0.3, 0.4) is 0 Å². The highest BCUT2D eigenvalue weighted by atomic mass is 19.1. The average Bonchev–Trinajstić information content (AvgIpc) is 2.53. The van der Waals surface area contributed by atoms with E-state index in [2.05, 4.69) is 0 Å². The number of hydrogen-bond acceptors (Lipinski definition) is 3. The maximum absolute atomic E-state index is 13.0. The summed E-state index contributed by atoms with van der Waals surface area (Å²) in [6.45, 7) is 0. The Morgan fingerprint density at radius 1 is 1.09 bits per heavy atom. The van der Waals surface area contributed by atoms with Crippen molar-refractivity contribution < 1.29 is 23.8 Å². The quantitative estimate of drug-likeness (QED) is 0.679. The molecule has 2 rings (SSSR count). The second-order valence-electron chi connectivity index (χ2n) is 4.48. The number of hydrogen-bond donors (Lipinski definition) is 1. The summed E-state index contributed by atoms with van der Waals surface area (Å²) in [6, 6.07) is 10.4. The summed E-state index contributed by atoms with van der Waals surface area (Å²) < 4.78 is 23.3. The molecule has 0 aliphatic heterocycles. The minimum absolute atomic E-state index is 0.0449. The van der Waals surface area contributed by atoms with Crippen LogP contribution in [0.4, 0.5) is 4.39 Å². The lowest BCUT2D eigenvalue weighted by molar-refractivity contribution is -0.130. The molecule has 0 amide bonds. The zero-order chi connectivity index (χ0) is 16.1.